The molecule has 0 radical (unpaired) electrons. The van der Waals surface area contributed by atoms with Gasteiger partial charge in [0.05, 0.1) is 12.7 Å². The molecule has 2 aromatic carbocycles. The third-order valence-electron chi connectivity index (χ3n) is 4.06. The Morgan fingerprint density at radius 1 is 1.28 bits per heavy atom. The Labute approximate surface area is 149 Å². The molecule has 1 aliphatic rings. The minimum absolute atomic E-state index is 0.235. The van der Waals surface area contributed by atoms with Crippen LogP contribution in [0.4, 0.5) is 10.1 Å². The highest BCUT2D eigenvalue weighted by Gasteiger charge is 2.34. The zero-order valence-electron chi connectivity index (χ0n) is 13.5. The molecule has 0 aliphatic carbocycles. The molecule has 0 saturated carbocycles. The van der Waals surface area contributed by atoms with E-state index in [0.717, 1.165) is 0 Å². The third-order valence-corrected chi connectivity index (χ3v) is 4.29. The Kier molecular flexibility index (Phi) is 4.90. The van der Waals surface area contributed by atoms with Crippen molar-refractivity contribution in [1.82, 2.24) is 5.32 Å². The van der Waals surface area contributed by atoms with Crippen LogP contribution in [0.15, 0.2) is 42.5 Å². The summed E-state index contributed by atoms with van der Waals surface area (Å²) in [7, 11) is 1.46. The van der Waals surface area contributed by atoms with Gasteiger partial charge in [-0.25, -0.2) is 4.39 Å². The molecule has 0 aromatic heterocycles. The molecule has 2 amide bonds. The van der Waals surface area contributed by atoms with Gasteiger partial charge in [-0.1, -0.05) is 11.6 Å². The van der Waals surface area contributed by atoms with E-state index in [2.05, 4.69) is 5.32 Å². The predicted molar refractivity (Wildman–Crippen MR) is 92.6 cm³/mol. The van der Waals surface area contributed by atoms with E-state index < -0.39 is 11.9 Å². The van der Waals surface area contributed by atoms with Crippen LogP contribution in [0.5, 0.6) is 5.75 Å². The Morgan fingerprint density at radius 2 is 2.00 bits per heavy atom. The monoisotopic (exact) mass is 362 g/mol. The van der Waals surface area contributed by atoms with Crippen LogP contribution in [-0.2, 0) is 4.79 Å². The second-order valence-corrected chi connectivity index (χ2v) is 6.06. The Morgan fingerprint density at radius 3 is 2.68 bits per heavy atom. The first-order chi connectivity index (χ1) is 12.0. The Hall–Kier alpha value is -2.60. The average Bonchev–Trinajstić information content (AvgIpc) is 2.96. The lowest BCUT2D eigenvalue weighted by Gasteiger charge is -2.17. The fourth-order valence-electron chi connectivity index (χ4n) is 2.78. The van der Waals surface area contributed by atoms with Gasteiger partial charge in [-0.2, -0.15) is 0 Å². The van der Waals surface area contributed by atoms with Crippen molar-refractivity contribution in [2.45, 2.75) is 12.5 Å². The van der Waals surface area contributed by atoms with Gasteiger partial charge in [-0.3, -0.25) is 9.59 Å². The molecular weight excluding hydrogens is 347 g/mol. The lowest BCUT2D eigenvalue weighted by molar-refractivity contribution is -0.118. The molecule has 130 valence electrons. The Balaban J connectivity index is 1.74. The van der Waals surface area contributed by atoms with E-state index >= 15 is 0 Å². The van der Waals surface area contributed by atoms with Crippen molar-refractivity contribution in [2.75, 3.05) is 18.6 Å². The van der Waals surface area contributed by atoms with E-state index in [4.69, 9.17) is 16.3 Å². The van der Waals surface area contributed by atoms with E-state index in [1.807, 2.05) is 0 Å². The highest BCUT2D eigenvalue weighted by molar-refractivity contribution is 6.31. The van der Waals surface area contributed by atoms with Crippen LogP contribution in [0, 0.1) is 5.82 Å². The maximum Gasteiger partial charge on any atom is 0.255 e. The number of halogens is 2. The highest BCUT2D eigenvalue weighted by atomic mass is 35.5. The van der Waals surface area contributed by atoms with E-state index in [1.54, 1.807) is 12.1 Å². The largest absolute Gasteiger partial charge is 0.496 e. The first-order valence-electron chi connectivity index (χ1n) is 7.71. The van der Waals surface area contributed by atoms with Gasteiger partial charge in [0, 0.05) is 17.3 Å². The van der Waals surface area contributed by atoms with E-state index in [0.29, 0.717) is 29.4 Å². The molecule has 7 heteroatoms. The van der Waals surface area contributed by atoms with Gasteiger partial charge in [-0.05, 0) is 48.9 Å². The first kappa shape index (κ1) is 17.2. The molecule has 25 heavy (non-hydrogen) atoms. The SMILES string of the molecule is COc1ccc(Cl)cc1C(=O)NC1CCN(c2ccc(F)cc2)C1=O. The van der Waals surface area contributed by atoms with Crippen molar-refractivity contribution in [3.05, 3.63) is 58.9 Å². The average molecular weight is 363 g/mol. The van der Waals surface area contributed by atoms with Crippen LogP contribution in [0.3, 0.4) is 0 Å². The van der Waals surface area contributed by atoms with Crippen molar-refractivity contribution >= 4 is 29.1 Å². The molecule has 1 aliphatic heterocycles. The van der Waals surface area contributed by atoms with Gasteiger partial charge >= 0.3 is 0 Å². The number of hydrogen-bond donors (Lipinski definition) is 1. The van der Waals surface area contributed by atoms with Crippen LogP contribution < -0.4 is 15.0 Å². The van der Waals surface area contributed by atoms with Gasteiger partial charge in [0.2, 0.25) is 5.91 Å². The quantitative estimate of drug-likeness (QED) is 0.909. The molecule has 1 N–H and O–H groups in total. The van der Waals surface area contributed by atoms with Gasteiger partial charge in [0.1, 0.15) is 17.6 Å². The summed E-state index contributed by atoms with van der Waals surface area (Å²) in [6.45, 7) is 0.447. The first-order valence-corrected chi connectivity index (χ1v) is 8.08. The van der Waals surface area contributed by atoms with E-state index in [-0.39, 0.29) is 17.3 Å². The summed E-state index contributed by atoms with van der Waals surface area (Å²) in [5, 5.41) is 3.11. The van der Waals surface area contributed by atoms with Gasteiger partial charge in [0.15, 0.2) is 0 Å². The second kappa shape index (κ2) is 7.11. The molecule has 0 spiro atoms. The number of hydrogen-bond acceptors (Lipinski definition) is 3. The number of benzene rings is 2. The smallest absolute Gasteiger partial charge is 0.255 e. The zero-order chi connectivity index (χ0) is 18.0. The number of nitrogens with zero attached hydrogens (tertiary/aromatic N) is 1. The molecule has 0 bridgehead atoms. The number of amides is 2. The normalized spacial score (nSPS) is 16.8. The molecule has 3 rings (SSSR count). The zero-order valence-corrected chi connectivity index (χ0v) is 14.2. The van der Waals surface area contributed by atoms with Crippen molar-refractivity contribution < 1.29 is 18.7 Å². The van der Waals surface area contributed by atoms with Crippen molar-refractivity contribution in [1.29, 1.82) is 0 Å². The van der Waals surface area contributed by atoms with Gasteiger partial charge in [-0.15, -0.1) is 0 Å². The molecule has 5 nitrogen and oxygen atoms in total. The molecule has 1 unspecified atom stereocenters. The fraction of sp³-hybridized carbons (Fsp3) is 0.222. The van der Waals surface area contributed by atoms with Crippen molar-refractivity contribution in [3.63, 3.8) is 0 Å². The van der Waals surface area contributed by atoms with E-state index in [9.17, 15) is 14.0 Å². The van der Waals surface area contributed by atoms with Gasteiger partial charge < -0.3 is 15.0 Å². The minimum atomic E-state index is -0.652. The van der Waals surface area contributed by atoms with Crippen molar-refractivity contribution in [3.8, 4) is 5.75 Å². The molecule has 2 aromatic rings. The van der Waals surface area contributed by atoms with Crippen LogP contribution >= 0.6 is 11.6 Å². The lowest BCUT2D eigenvalue weighted by Crippen LogP contribution is -2.41. The van der Waals surface area contributed by atoms with Crippen LogP contribution in [-0.4, -0.2) is 31.5 Å². The summed E-state index contributed by atoms with van der Waals surface area (Å²) >= 11 is 5.94. The van der Waals surface area contributed by atoms with Crippen LogP contribution in [0.2, 0.25) is 5.02 Å². The Bertz CT molecular complexity index is 810. The molecule has 1 saturated heterocycles. The van der Waals surface area contributed by atoms with E-state index in [1.165, 1.54) is 42.3 Å². The summed E-state index contributed by atoms with van der Waals surface area (Å²) in [6, 6.07) is 9.73. The minimum Gasteiger partial charge on any atom is -0.496 e. The van der Waals surface area contributed by atoms with Crippen LogP contribution in [0.25, 0.3) is 0 Å². The summed E-state index contributed by atoms with van der Waals surface area (Å²) in [6.07, 6.45) is 0.463. The topological polar surface area (TPSA) is 58.6 Å². The summed E-state index contributed by atoms with van der Waals surface area (Å²) in [4.78, 5) is 26.6. The van der Waals surface area contributed by atoms with Crippen molar-refractivity contribution in [2.24, 2.45) is 0 Å². The number of carbonyl (C=O) groups excluding carboxylic acids is 2. The van der Waals surface area contributed by atoms with Gasteiger partial charge in [0.25, 0.3) is 5.91 Å². The number of carbonyl (C=O) groups is 2. The fourth-order valence-corrected chi connectivity index (χ4v) is 2.96. The highest BCUT2D eigenvalue weighted by Crippen LogP contribution is 2.25. The maximum absolute atomic E-state index is 13.0. The molecule has 1 fully saturated rings. The second-order valence-electron chi connectivity index (χ2n) is 5.63. The summed E-state index contributed by atoms with van der Waals surface area (Å²) in [5.41, 5.74) is 0.867. The molecule has 1 heterocycles. The predicted octanol–water partition coefficient (Wildman–Crippen LogP) is 3.02. The summed E-state index contributed by atoms with van der Waals surface area (Å²) in [5.74, 6) is -0.657. The number of methoxy groups -OCH3 is 1. The standard InChI is InChI=1S/C18H16ClFN2O3/c1-25-16-7-2-11(19)10-14(16)17(23)21-15-8-9-22(18(15)24)13-5-3-12(20)4-6-13/h2-7,10,15H,8-9H2,1H3,(H,21,23). The number of nitrogens with one attached hydrogen (secondary N) is 1. The lowest BCUT2D eigenvalue weighted by atomic mass is 10.1. The van der Waals surface area contributed by atoms with Crippen LogP contribution in [0.1, 0.15) is 16.8 Å². The molecule has 1 atom stereocenters. The maximum atomic E-state index is 13.0. The number of anilines is 1. The number of rotatable bonds is 4. The third kappa shape index (κ3) is 3.58. The summed E-state index contributed by atoms with van der Waals surface area (Å²) < 4.78 is 18.2. The number of ether oxygens (including phenoxy) is 1. The molecular formula is C18H16ClFN2O3.